The van der Waals surface area contributed by atoms with Gasteiger partial charge in [0, 0.05) is 11.4 Å². The van der Waals surface area contributed by atoms with E-state index in [-0.39, 0.29) is 18.3 Å². The lowest BCUT2D eigenvalue weighted by atomic mass is 10.2. The average Bonchev–Trinajstić information content (AvgIpc) is 3.17. The summed E-state index contributed by atoms with van der Waals surface area (Å²) in [6.45, 7) is 1.86. The molecule has 140 valence electrons. The molecule has 0 saturated carbocycles. The van der Waals surface area contributed by atoms with Crippen molar-refractivity contribution >= 4 is 23.2 Å². The minimum Gasteiger partial charge on any atom is -0.493 e. The van der Waals surface area contributed by atoms with Gasteiger partial charge < -0.3 is 19.5 Å². The van der Waals surface area contributed by atoms with Crippen LogP contribution in [0.5, 0.6) is 11.5 Å². The fourth-order valence-corrected chi connectivity index (χ4v) is 3.02. The summed E-state index contributed by atoms with van der Waals surface area (Å²) in [6, 6.07) is 9.30. The summed E-state index contributed by atoms with van der Waals surface area (Å²) in [6.07, 6.45) is 0.0376. The summed E-state index contributed by atoms with van der Waals surface area (Å²) in [5, 5.41) is 4.72. The van der Waals surface area contributed by atoms with Gasteiger partial charge in [0.1, 0.15) is 0 Å². The third kappa shape index (κ3) is 5.77. The number of carbonyl (C=O) groups is 2. The predicted molar refractivity (Wildman–Crippen MR) is 99.6 cm³/mol. The molecule has 1 heterocycles. The van der Waals surface area contributed by atoms with Crippen molar-refractivity contribution in [2.45, 2.75) is 32.4 Å². The summed E-state index contributed by atoms with van der Waals surface area (Å²) in [7, 11) is 3.12. The molecule has 26 heavy (non-hydrogen) atoms. The van der Waals surface area contributed by atoms with E-state index in [1.54, 1.807) is 44.6 Å². The molecule has 6 nitrogen and oxygen atoms in total. The third-order valence-corrected chi connectivity index (χ3v) is 4.68. The highest BCUT2D eigenvalue weighted by Gasteiger charge is 2.17. The number of ether oxygens (including phenoxy) is 3. The highest BCUT2D eigenvalue weighted by atomic mass is 32.1. The lowest BCUT2D eigenvalue weighted by Gasteiger charge is -2.14. The molecular weight excluding hydrogens is 354 g/mol. The first-order valence-electron chi connectivity index (χ1n) is 8.24. The summed E-state index contributed by atoms with van der Waals surface area (Å²) in [5.74, 6) is 0.486. The smallest absolute Gasteiger partial charge is 0.306 e. The van der Waals surface area contributed by atoms with Crippen LogP contribution in [0.2, 0.25) is 0 Å². The van der Waals surface area contributed by atoms with Gasteiger partial charge in [-0.15, -0.1) is 11.3 Å². The highest BCUT2D eigenvalue weighted by molar-refractivity contribution is 7.09. The van der Waals surface area contributed by atoms with Gasteiger partial charge in [-0.25, -0.2) is 0 Å². The number of esters is 1. The van der Waals surface area contributed by atoms with Crippen LogP contribution in [0.15, 0.2) is 35.7 Å². The molecule has 1 atom stereocenters. The Morgan fingerprint density at radius 2 is 1.92 bits per heavy atom. The van der Waals surface area contributed by atoms with E-state index in [4.69, 9.17) is 14.2 Å². The molecule has 1 aromatic heterocycles. The zero-order chi connectivity index (χ0) is 18.9. The first kappa shape index (κ1) is 19.8. The summed E-state index contributed by atoms with van der Waals surface area (Å²) >= 11 is 1.60. The normalized spacial score (nSPS) is 11.5. The Balaban J connectivity index is 1.78. The maximum Gasteiger partial charge on any atom is 0.306 e. The standard InChI is InChI=1S/C19H23NO5S/c1-13(25-18(21)9-7-15-5-4-10-26-15)19(22)20-12-14-6-8-16(23-2)17(11-14)24-3/h4-6,8,10-11,13H,7,9,12H2,1-3H3,(H,20,22)/t13-/m1/s1. The van der Waals surface area contributed by atoms with E-state index in [1.165, 1.54) is 0 Å². The van der Waals surface area contributed by atoms with E-state index in [2.05, 4.69) is 5.32 Å². The zero-order valence-electron chi connectivity index (χ0n) is 15.1. The van der Waals surface area contributed by atoms with Crippen molar-refractivity contribution < 1.29 is 23.8 Å². The number of benzene rings is 1. The lowest BCUT2D eigenvalue weighted by molar-refractivity contribution is -0.154. The molecule has 0 saturated heterocycles. The molecule has 7 heteroatoms. The Bertz CT molecular complexity index is 730. The summed E-state index contributed by atoms with van der Waals surface area (Å²) < 4.78 is 15.6. The summed E-state index contributed by atoms with van der Waals surface area (Å²) in [4.78, 5) is 25.1. The van der Waals surface area contributed by atoms with Crippen LogP contribution in [0.25, 0.3) is 0 Å². The van der Waals surface area contributed by atoms with E-state index in [0.29, 0.717) is 24.5 Å². The second-order valence-corrected chi connectivity index (χ2v) is 6.65. The maximum atomic E-state index is 12.1. The van der Waals surface area contributed by atoms with Crippen LogP contribution >= 0.6 is 11.3 Å². The van der Waals surface area contributed by atoms with Gasteiger partial charge in [-0.05, 0) is 42.5 Å². The predicted octanol–water partition coefficient (Wildman–Crippen LogP) is 2.95. The third-order valence-electron chi connectivity index (χ3n) is 3.75. The van der Waals surface area contributed by atoms with Crippen molar-refractivity contribution in [3.63, 3.8) is 0 Å². The Labute approximate surface area is 157 Å². The van der Waals surface area contributed by atoms with Crippen LogP contribution in [-0.2, 0) is 27.3 Å². The SMILES string of the molecule is COc1ccc(CNC(=O)[C@@H](C)OC(=O)CCc2cccs2)cc1OC. The average molecular weight is 377 g/mol. The Kier molecular flexibility index (Phi) is 7.47. The monoisotopic (exact) mass is 377 g/mol. The topological polar surface area (TPSA) is 73.9 Å². The largest absolute Gasteiger partial charge is 0.493 e. The Morgan fingerprint density at radius 3 is 2.58 bits per heavy atom. The number of nitrogens with one attached hydrogen (secondary N) is 1. The quantitative estimate of drug-likeness (QED) is 0.680. The van der Waals surface area contributed by atoms with Gasteiger partial charge in [-0.1, -0.05) is 12.1 Å². The molecule has 2 rings (SSSR count). The molecule has 1 aromatic carbocycles. The van der Waals surface area contributed by atoms with E-state index in [1.807, 2.05) is 23.6 Å². The van der Waals surface area contributed by atoms with E-state index >= 15 is 0 Å². The first-order chi connectivity index (χ1) is 12.5. The van der Waals surface area contributed by atoms with Gasteiger partial charge in [0.25, 0.3) is 5.91 Å². The number of hydrogen-bond acceptors (Lipinski definition) is 6. The fraction of sp³-hybridized carbons (Fsp3) is 0.368. The fourth-order valence-electron chi connectivity index (χ4n) is 2.31. The van der Waals surface area contributed by atoms with Gasteiger partial charge in [-0.2, -0.15) is 0 Å². The van der Waals surface area contributed by atoms with E-state index in [9.17, 15) is 9.59 Å². The van der Waals surface area contributed by atoms with E-state index in [0.717, 1.165) is 10.4 Å². The maximum absolute atomic E-state index is 12.1. The molecule has 1 N–H and O–H groups in total. The zero-order valence-corrected chi connectivity index (χ0v) is 15.9. The molecule has 0 fully saturated rings. The number of rotatable bonds is 9. The van der Waals surface area contributed by atoms with Crippen LogP contribution in [0.1, 0.15) is 23.8 Å². The lowest BCUT2D eigenvalue weighted by Crippen LogP contribution is -2.35. The van der Waals surface area contributed by atoms with Crippen LogP contribution < -0.4 is 14.8 Å². The number of hydrogen-bond donors (Lipinski definition) is 1. The molecule has 0 aliphatic carbocycles. The van der Waals surface area contributed by atoms with Crippen LogP contribution in [-0.4, -0.2) is 32.2 Å². The van der Waals surface area contributed by atoms with Gasteiger partial charge >= 0.3 is 5.97 Å². The number of thiophene rings is 1. The van der Waals surface area contributed by atoms with Crippen molar-refractivity contribution in [3.05, 3.63) is 46.2 Å². The molecule has 0 radical (unpaired) electrons. The van der Waals surface area contributed by atoms with Crippen LogP contribution in [0, 0.1) is 0 Å². The van der Waals surface area contributed by atoms with Gasteiger partial charge in [0.05, 0.1) is 20.6 Å². The molecule has 0 unspecified atom stereocenters. The molecular formula is C19H23NO5S. The Hall–Kier alpha value is -2.54. The van der Waals surface area contributed by atoms with Crippen molar-refractivity contribution in [3.8, 4) is 11.5 Å². The molecule has 0 aliphatic rings. The first-order valence-corrected chi connectivity index (χ1v) is 9.12. The molecule has 0 bridgehead atoms. The number of amides is 1. The summed E-state index contributed by atoms with van der Waals surface area (Å²) in [5.41, 5.74) is 0.854. The Morgan fingerprint density at radius 1 is 1.15 bits per heavy atom. The number of methoxy groups -OCH3 is 2. The molecule has 2 aromatic rings. The minimum atomic E-state index is -0.842. The molecule has 0 aliphatic heterocycles. The van der Waals surface area contributed by atoms with Crippen molar-refractivity contribution in [1.82, 2.24) is 5.32 Å². The van der Waals surface area contributed by atoms with Crippen molar-refractivity contribution in [2.24, 2.45) is 0 Å². The van der Waals surface area contributed by atoms with Crippen molar-refractivity contribution in [2.75, 3.05) is 14.2 Å². The molecule has 0 spiro atoms. The second kappa shape index (κ2) is 9.82. The van der Waals surface area contributed by atoms with Crippen molar-refractivity contribution in [1.29, 1.82) is 0 Å². The number of carbonyl (C=O) groups excluding carboxylic acids is 2. The van der Waals surface area contributed by atoms with Crippen LogP contribution in [0.4, 0.5) is 0 Å². The second-order valence-electron chi connectivity index (χ2n) is 5.62. The highest BCUT2D eigenvalue weighted by Crippen LogP contribution is 2.27. The molecule has 1 amide bonds. The van der Waals surface area contributed by atoms with Gasteiger partial charge in [-0.3, -0.25) is 9.59 Å². The minimum absolute atomic E-state index is 0.258. The van der Waals surface area contributed by atoms with Crippen LogP contribution in [0.3, 0.4) is 0 Å². The van der Waals surface area contributed by atoms with Gasteiger partial charge in [0.2, 0.25) is 0 Å². The van der Waals surface area contributed by atoms with Gasteiger partial charge in [0.15, 0.2) is 17.6 Å². The number of aryl methyl sites for hydroxylation is 1. The van der Waals surface area contributed by atoms with E-state index < -0.39 is 6.10 Å².